The van der Waals surface area contributed by atoms with Gasteiger partial charge in [-0.2, -0.15) is 0 Å². The number of halogens is 3. The van der Waals surface area contributed by atoms with Crippen molar-refractivity contribution in [1.29, 1.82) is 0 Å². The fraction of sp³-hybridized carbons (Fsp3) is 0.182. The van der Waals surface area contributed by atoms with E-state index >= 15 is 0 Å². The lowest BCUT2D eigenvalue weighted by Gasteiger charge is -2.10. The molecule has 0 radical (unpaired) electrons. The van der Waals surface area contributed by atoms with Crippen LogP contribution in [0.3, 0.4) is 0 Å². The lowest BCUT2D eigenvalue weighted by Crippen LogP contribution is -2.03. The largest absolute Gasteiger partial charge is 0.386 e. The molecule has 2 heterocycles. The molecule has 0 aliphatic heterocycles. The summed E-state index contributed by atoms with van der Waals surface area (Å²) in [6.45, 7) is 0. The van der Waals surface area contributed by atoms with Gasteiger partial charge in [0.15, 0.2) is 0 Å². The Hall–Kier alpha value is -0.130. The molecule has 0 spiro atoms. The van der Waals surface area contributed by atoms with Gasteiger partial charge in [0.05, 0.1) is 19.5 Å². The number of hydrogen-bond donors (Lipinski definition) is 1. The van der Waals surface area contributed by atoms with Gasteiger partial charge in [-0.25, -0.2) is 0 Å². The molecule has 0 aliphatic rings. The minimum Gasteiger partial charge on any atom is -0.386 e. The van der Waals surface area contributed by atoms with Crippen molar-refractivity contribution in [3.8, 4) is 0 Å². The molecule has 1 N–H and O–H groups in total. The number of aliphatic hydroxyl groups excluding tert-OH is 1. The van der Waals surface area contributed by atoms with Crippen LogP contribution in [0.25, 0.3) is 0 Å². The first-order valence-electron chi connectivity index (χ1n) is 4.79. The van der Waals surface area contributed by atoms with Gasteiger partial charge >= 0.3 is 0 Å². The van der Waals surface area contributed by atoms with Crippen LogP contribution in [0.4, 0.5) is 0 Å². The quantitative estimate of drug-likeness (QED) is 0.882. The highest BCUT2D eigenvalue weighted by Gasteiger charge is 2.15. The Bertz CT molecular complexity index is 532. The SMILES string of the molecule is OC(Cc1ccc(Br)s1)c1ncc(Cl)cc1Cl. The number of aromatic nitrogens is 1. The minimum absolute atomic E-state index is 0.389. The van der Waals surface area contributed by atoms with Crippen molar-refractivity contribution >= 4 is 50.5 Å². The van der Waals surface area contributed by atoms with Gasteiger partial charge in [0.25, 0.3) is 0 Å². The van der Waals surface area contributed by atoms with E-state index < -0.39 is 6.10 Å². The predicted octanol–water partition coefficient (Wildman–Crippen LogP) is 4.49. The third kappa shape index (κ3) is 3.42. The Morgan fingerprint density at radius 1 is 1.41 bits per heavy atom. The highest BCUT2D eigenvalue weighted by atomic mass is 79.9. The van der Waals surface area contributed by atoms with Crippen LogP contribution in [-0.2, 0) is 6.42 Å². The van der Waals surface area contributed by atoms with E-state index in [9.17, 15) is 5.11 Å². The zero-order valence-corrected chi connectivity index (χ0v) is 12.4. The normalized spacial score (nSPS) is 12.7. The summed E-state index contributed by atoms with van der Waals surface area (Å²) in [5.74, 6) is 0. The molecule has 1 unspecified atom stereocenters. The molecule has 2 rings (SSSR count). The molecule has 2 aromatic heterocycles. The van der Waals surface area contributed by atoms with Crippen molar-refractivity contribution in [3.63, 3.8) is 0 Å². The van der Waals surface area contributed by atoms with Crippen LogP contribution in [0.1, 0.15) is 16.7 Å². The summed E-state index contributed by atoms with van der Waals surface area (Å²) in [7, 11) is 0. The number of nitrogens with zero attached hydrogens (tertiary/aromatic N) is 1. The summed E-state index contributed by atoms with van der Waals surface area (Å²) in [4.78, 5) is 5.13. The summed E-state index contributed by atoms with van der Waals surface area (Å²) in [6.07, 6.45) is 1.26. The van der Waals surface area contributed by atoms with E-state index in [0.717, 1.165) is 8.66 Å². The zero-order valence-electron chi connectivity index (χ0n) is 8.53. The molecule has 17 heavy (non-hydrogen) atoms. The second kappa shape index (κ2) is 5.67. The van der Waals surface area contributed by atoms with E-state index in [1.54, 1.807) is 17.4 Å². The van der Waals surface area contributed by atoms with Crippen LogP contribution in [0, 0.1) is 0 Å². The van der Waals surface area contributed by atoms with Crippen LogP contribution < -0.4 is 0 Å². The van der Waals surface area contributed by atoms with Crippen LogP contribution in [0.2, 0.25) is 10.0 Å². The molecule has 0 aromatic carbocycles. The van der Waals surface area contributed by atoms with Crippen molar-refractivity contribution in [3.05, 3.63) is 48.8 Å². The molecule has 0 aliphatic carbocycles. The fourth-order valence-electron chi connectivity index (χ4n) is 1.42. The van der Waals surface area contributed by atoms with Crippen molar-refractivity contribution < 1.29 is 5.11 Å². The molecule has 2 aromatic rings. The maximum atomic E-state index is 10.1. The second-order valence-electron chi connectivity index (χ2n) is 3.45. The van der Waals surface area contributed by atoms with E-state index in [2.05, 4.69) is 20.9 Å². The van der Waals surface area contributed by atoms with Crippen LogP contribution >= 0.6 is 50.5 Å². The first-order chi connectivity index (χ1) is 8.06. The Kier molecular flexibility index (Phi) is 4.44. The Morgan fingerprint density at radius 3 is 2.76 bits per heavy atom. The van der Waals surface area contributed by atoms with Gasteiger partial charge in [0.2, 0.25) is 0 Å². The van der Waals surface area contributed by atoms with E-state index in [4.69, 9.17) is 23.2 Å². The first kappa shape index (κ1) is 13.3. The topological polar surface area (TPSA) is 33.1 Å². The predicted molar refractivity (Wildman–Crippen MR) is 74.9 cm³/mol. The van der Waals surface area contributed by atoms with Gasteiger partial charge in [-0.1, -0.05) is 23.2 Å². The zero-order chi connectivity index (χ0) is 12.4. The molecular weight excluding hydrogens is 345 g/mol. The smallest absolute Gasteiger partial charge is 0.102 e. The molecule has 2 nitrogen and oxygen atoms in total. The number of aliphatic hydroxyl groups is 1. The number of rotatable bonds is 3. The maximum absolute atomic E-state index is 10.1. The van der Waals surface area contributed by atoms with Crippen molar-refractivity contribution in [2.75, 3.05) is 0 Å². The Morgan fingerprint density at radius 2 is 2.18 bits per heavy atom. The molecule has 6 heteroatoms. The van der Waals surface area contributed by atoms with Gasteiger partial charge in [-0.3, -0.25) is 4.98 Å². The van der Waals surface area contributed by atoms with E-state index in [1.165, 1.54) is 6.20 Å². The van der Waals surface area contributed by atoms with Gasteiger partial charge in [-0.05, 0) is 34.1 Å². The average molecular weight is 353 g/mol. The Balaban J connectivity index is 2.17. The minimum atomic E-state index is -0.717. The maximum Gasteiger partial charge on any atom is 0.102 e. The highest BCUT2D eigenvalue weighted by molar-refractivity contribution is 9.11. The first-order valence-corrected chi connectivity index (χ1v) is 7.16. The fourth-order valence-corrected chi connectivity index (χ4v) is 3.44. The summed E-state index contributed by atoms with van der Waals surface area (Å²) >= 11 is 16.7. The van der Waals surface area contributed by atoms with Crippen molar-refractivity contribution in [2.45, 2.75) is 12.5 Å². The number of hydrogen-bond acceptors (Lipinski definition) is 3. The third-order valence-corrected chi connectivity index (χ3v) is 4.33. The third-order valence-electron chi connectivity index (χ3n) is 2.18. The summed E-state index contributed by atoms with van der Waals surface area (Å²) in [5, 5.41) is 10.9. The standard InChI is InChI=1S/C11H8BrCl2NOS/c12-10-2-1-7(17-10)4-9(16)11-8(14)3-6(13)5-15-11/h1-3,5,9,16H,4H2. The van der Waals surface area contributed by atoms with E-state index in [-0.39, 0.29) is 0 Å². The molecule has 0 bridgehead atoms. The summed E-state index contributed by atoms with van der Waals surface area (Å²) in [6, 6.07) is 5.49. The number of thiophene rings is 1. The van der Waals surface area contributed by atoms with Crippen LogP contribution in [-0.4, -0.2) is 10.1 Å². The van der Waals surface area contributed by atoms with Crippen molar-refractivity contribution in [1.82, 2.24) is 4.98 Å². The van der Waals surface area contributed by atoms with Gasteiger partial charge in [0.1, 0.15) is 6.10 Å². The summed E-state index contributed by atoms with van der Waals surface area (Å²) in [5.41, 5.74) is 0.459. The molecular formula is C11H8BrCl2NOS. The molecule has 0 saturated carbocycles. The molecule has 90 valence electrons. The molecule has 0 amide bonds. The van der Waals surface area contributed by atoms with Gasteiger partial charge < -0.3 is 5.11 Å². The average Bonchev–Trinajstić information content (AvgIpc) is 2.63. The van der Waals surface area contributed by atoms with Gasteiger partial charge in [0, 0.05) is 17.5 Å². The molecule has 1 atom stereocenters. The molecule has 0 fully saturated rings. The van der Waals surface area contributed by atoms with E-state index in [0.29, 0.717) is 22.2 Å². The van der Waals surface area contributed by atoms with Crippen LogP contribution in [0.15, 0.2) is 28.2 Å². The Labute approximate surface area is 121 Å². The number of pyridine rings is 1. The highest BCUT2D eigenvalue weighted by Crippen LogP contribution is 2.29. The monoisotopic (exact) mass is 351 g/mol. The molecule has 0 saturated heterocycles. The van der Waals surface area contributed by atoms with Crippen molar-refractivity contribution in [2.24, 2.45) is 0 Å². The lowest BCUT2D eigenvalue weighted by atomic mass is 10.1. The lowest BCUT2D eigenvalue weighted by molar-refractivity contribution is 0.174. The summed E-state index contributed by atoms with van der Waals surface area (Å²) < 4.78 is 1.04. The second-order valence-corrected chi connectivity index (χ2v) is 6.84. The van der Waals surface area contributed by atoms with Gasteiger partial charge in [-0.15, -0.1) is 11.3 Å². The van der Waals surface area contributed by atoms with Crippen LogP contribution in [0.5, 0.6) is 0 Å². The van der Waals surface area contributed by atoms with E-state index in [1.807, 2.05) is 12.1 Å².